The van der Waals surface area contributed by atoms with Crippen LogP contribution in [0.25, 0.3) is 0 Å². The average molecular weight is 399 g/mol. The molecule has 0 amide bonds. The molecule has 0 saturated carbocycles. The minimum Gasteiger partial charge on any atom is -0.496 e. The van der Waals surface area contributed by atoms with E-state index in [0.717, 1.165) is 22.5 Å². The zero-order valence-corrected chi connectivity index (χ0v) is 14.9. The summed E-state index contributed by atoms with van der Waals surface area (Å²) in [6.07, 6.45) is 0. The van der Waals surface area contributed by atoms with Crippen LogP contribution in [0.4, 0.5) is 5.69 Å². The molecule has 20 heavy (non-hydrogen) atoms. The lowest BCUT2D eigenvalue weighted by Crippen LogP contribution is -2.00. The van der Waals surface area contributed by atoms with E-state index in [9.17, 15) is 0 Å². The average Bonchev–Trinajstić information content (AvgIpc) is 2.42. The number of rotatable bonds is 4. The summed E-state index contributed by atoms with van der Waals surface area (Å²) >= 11 is 7.09. The summed E-state index contributed by atoms with van der Waals surface area (Å²) in [6, 6.07) is 10.4. The topological polar surface area (TPSA) is 21.3 Å². The van der Waals surface area contributed by atoms with E-state index in [1.165, 1.54) is 21.2 Å². The number of ether oxygens (including phenoxy) is 1. The van der Waals surface area contributed by atoms with Crippen LogP contribution in [-0.4, -0.2) is 7.11 Å². The lowest BCUT2D eigenvalue weighted by atomic mass is 10.1. The fourth-order valence-corrected chi connectivity index (χ4v) is 2.89. The molecule has 2 aromatic carbocycles. The first-order valence-corrected chi connectivity index (χ1v) is 7.93. The highest BCUT2D eigenvalue weighted by Crippen LogP contribution is 2.27. The molecule has 0 bridgehead atoms. The maximum absolute atomic E-state index is 5.23. The van der Waals surface area contributed by atoms with Crippen molar-refractivity contribution in [2.45, 2.75) is 20.4 Å². The standard InChI is InChI=1S/C16H17Br2NO/c1-10-6-13(7-11(2)16(10)18)19-9-12-4-5-15(20-3)14(17)8-12/h4-8,19H,9H2,1-3H3. The van der Waals surface area contributed by atoms with Crippen LogP contribution in [0.3, 0.4) is 0 Å². The molecule has 0 spiro atoms. The van der Waals surface area contributed by atoms with Gasteiger partial charge in [0.1, 0.15) is 5.75 Å². The third kappa shape index (κ3) is 3.55. The van der Waals surface area contributed by atoms with Crippen LogP contribution in [0.2, 0.25) is 0 Å². The van der Waals surface area contributed by atoms with Crippen molar-refractivity contribution >= 4 is 37.5 Å². The minimum absolute atomic E-state index is 0.781. The van der Waals surface area contributed by atoms with Gasteiger partial charge in [-0.1, -0.05) is 22.0 Å². The molecule has 0 aliphatic rings. The Bertz CT molecular complexity index is 603. The van der Waals surface area contributed by atoms with Crippen LogP contribution in [0.15, 0.2) is 39.3 Å². The van der Waals surface area contributed by atoms with Gasteiger partial charge in [0.2, 0.25) is 0 Å². The van der Waals surface area contributed by atoms with Crippen molar-refractivity contribution in [2.75, 3.05) is 12.4 Å². The van der Waals surface area contributed by atoms with E-state index in [1.807, 2.05) is 6.07 Å². The van der Waals surface area contributed by atoms with Gasteiger partial charge in [0.05, 0.1) is 11.6 Å². The van der Waals surface area contributed by atoms with Gasteiger partial charge in [-0.25, -0.2) is 0 Å². The normalized spacial score (nSPS) is 10.4. The third-order valence-electron chi connectivity index (χ3n) is 3.15. The van der Waals surface area contributed by atoms with Crippen molar-refractivity contribution in [3.63, 3.8) is 0 Å². The number of nitrogens with one attached hydrogen (secondary N) is 1. The number of benzene rings is 2. The number of halogens is 2. The monoisotopic (exact) mass is 397 g/mol. The Balaban J connectivity index is 2.11. The molecule has 0 fully saturated rings. The van der Waals surface area contributed by atoms with Crippen molar-refractivity contribution in [3.05, 3.63) is 56.0 Å². The fourth-order valence-electron chi connectivity index (χ4n) is 2.07. The van der Waals surface area contributed by atoms with Gasteiger partial charge in [0.25, 0.3) is 0 Å². The summed E-state index contributed by atoms with van der Waals surface area (Å²) in [4.78, 5) is 0. The highest BCUT2D eigenvalue weighted by molar-refractivity contribution is 9.10. The van der Waals surface area contributed by atoms with E-state index in [4.69, 9.17) is 4.74 Å². The predicted molar refractivity (Wildman–Crippen MR) is 91.6 cm³/mol. The lowest BCUT2D eigenvalue weighted by Gasteiger charge is -2.11. The van der Waals surface area contributed by atoms with E-state index in [2.05, 4.69) is 75.3 Å². The lowest BCUT2D eigenvalue weighted by molar-refractivity contribution is 0.412. The quantitative estimate of drug-likeness (QED) is 0.739. The summed E-state index contributed by atoms with van der Waals surface area (Å²) in [5, 5.41) is 3.45. The highest BCUT2D eigenvalue weighted by atomic mass is 79.9. The molecule has 1 N–H and O–H groups in total. The molecule has 2 aromatic rings. The Morgan fingerprint density at radius 3 is 2.25 bits per heavy atom. The molecule has 106 valence electrons. The highest BCUT2D eigenvalue weighted by Gasteiger charge is 2.04. The molecule has 4 heteroatoms. The first-order chi connectivity index (χ1) is 9.51. The van der Waals surface area contributed by atoms with Gasteiger partial charge in [-0.15, -0.1) is 0 Å². The molecule has 2 rings (SSSR count). The Morgan fingerprint density at radius 2 is 1.70 bits per heavy atom. The molecular formula is C16H17Br2NO. The third-order valence-corrected chi connectivity index (χ3v) is 5.02. The molecule has 0 aromatic heterocycles. The Kier molecular flexibility index (Phi) is 5.11. The second-order valence-corrected chi connectivity index (χ2v) is 6.39. The van der Waals surface area contributed by atoms with E-state index < -0.39 is 0 Å². The number of hydrogen-bond donors (Lipinski definition) is 1. The SMILES string of the molecule is COc1ccc(CNc2cc(C)c(Br)c(C)c2)cc1Br. The van der Waals surface area contributed by atoms with Gasteiger partial charge in [0.15, 0.2) is 0 Å². The van der Waals surface area contributed by atoms with Gasteiger partial charge in [-0.2, -0.15) is 0 Å². The van der Waals surface area contributed by atoms with Gasteiger partial charge < -0.3 is 10.1 Å². The second-order valence-electron chi connectivity index (χ2n) is 4.75. The summed E-state index contributed by atoms with van der Waals surface area (Å²) in [7, 11) is 1.67. The van der Waals surface area contributed by atoms with Crippen molar-refractivity contribution in [2.24, 2.45) is 0 Å². The first kappa shape index (κ1) is 15.4. The van der Waals surface area contributed by atoms with Crippen LogP contribution >= 0.6 is 31.9 Å². The Morgan fingerprint density at radius 1 is 1.05 bits per heavy atom. The van der Waals surface area contributed by atoms with Crippen molar-refractivity contribution < 1.29 is 4.74 Å². The van der Waals surface area contributed by atoms with E-state index in [0.29, 0.717) is 0 Å². The molecule has 0 unspecified atom stereocenters. The Labute approximate surface area is 136 Å². The maximum atomic E-state index is 5.23. The zero-order chi connectivity index (χ0) is 14.7. The van der Waals surface area contributed by atoms with E-state index in [-0.39, 0.29) is 0 Å². The molecule has 0 aliphatic carbocycles. The summed E-state index contributed by atoms with van der Waals surface area (Å²) in [5.41, 5.74) is 4.82. The van der Waals surface area contributed by atoms with Crippen molar-refractivity contribution in [1.29, 1.82) is 0 Å². The zero-order valence-electron chi connectivity index (χ0n) is 11.8. The number of aryl methyl sites for hydroxylation is 2. The minimum atomic E-state index is 0.781. The van der Waals surface area contributed by atoms with Crippen LogP contribution in [-0.2, 0) is 6.54 Å². The van der Waals surface area contributed by atoms with Crippen LogP contribution in [0, 0.1) is 13.8 Å². The van der Waals surface area contributed by atoms with Crippen LogP contribution in [0.1, 0.15) is 16.7 Å². The van der Waals surface area contributed by atoms with Crippen LogP contribution < -0.4 is 10.1 Å². The number of anilines is 1. The van der Waals surface area contributed by atoms with E-state index >= 15 is 0 Å². The smallest absolute Gasteiger partial charge is 0.133 e. The Hall–Kier alpha value is -1.000. The van der Waals surface area contributed by atoms with Crippen molar-refractivity contribution in [3.8, 4) is 5.75 Å². The predicted octanol–water partition coefficient (Wildman–Crippen LogP) is 5.45. The molecule has 2 nitrogen and oxygen atoms in total. The molecule has 0 heterocycles. The van der Waals surface area contributed by atoms with Gasteiger partial charge >= 0.3 is 0 Å². The molecule has 0 radical (unpaired) electrons. The van der Waals surface area contributed by atoms with E-state index in [1.54, 1.807) is 7.11 Å². The largest absolute Gasteiger partial charge is 0.496 e. The summed E-state index contributed by atoms with van der Waals surface area (Å²) < 4.78 is 7.39. The first-order valence-electron chi connectivity index (χ1n) is 6.34. The van der Waals surface area contributed by atoms with Gasteiger partial charge in [-0.05, 0) is 70.7 Å². The molecule has 0 saturated heterocycles. The van der Waals surface area contributed by atoms with Gasteiger partial charge in [0, 0.05) is 16.7 Å². The molecule has 0 atom stereocenters. The second kappa shape index (κ2) is 6.64. The van der Waals surface area contributed by atoms with Crippen LogP contribution in [0.5, 0.6) is 5.75 Å². The van der Waals surface area contributed by atoms with Crippen molar-refractivity contribution in [1.82, 2.24) is 0 Å². The maximum Gasteiger partial charge on any atom is 0.133 e. The molecular weight excluding hydrogens is 382 g/mol. The summed E-state index contributed by atoms with van der Waals surface area (Å²) in [5.74, 6) is 0.851. The number of methoxy groups -OCH3 is 1. The fraction of sp³-hybridized carbons (Fsp3) is 0.250. The summed E-state index contributed by atoms with van der Waals surface area (Å²) in [6.45, 7) is 4.99. The van der Waals surface area contributed by atoms with Gasteiger partial charge in [-0.3, -0.25) is 0 Å². The molecule has 0 aliphatic heterocycles. The number of hydrogen-bond acceptors (Lipinski definition) is 2.